The molecule has 1 aromatic rings. The summed E-state index contributed by atoms with van der Waals surface area (Å²) in [4.78, 5) is 0. The van der Waals surface area contributed by atoms with E-state index < -0.39 is 15.8 Å². The third kappa shape index (κ3) is 2.62. The van der Waals surface area contributed by atoms with Gasteiger partial charge in [-0.25, -0.2) is 12.8 Å². The lowest BCUT2D eigenvalue weighted by Crippen LogP contribution is -2.33. The Morgan fingerprint density at radius 2 is 2.22 bits per heavy atom. The van der Waals surface area contributed by atoms with Gasteiger partial charge in [0, 0.05) is 12.4 Å². The number of rotatable bonds is 4. The average Bonchev–Trinajstić information content (AvgIpc) is 2.71. The van der Waals surface area contributed by atoms with Gasteiger partial charge in [0.2, 0.25) is 10.0 Å². The van der Waals surface area contributed by atoms with Gasteiger partial charge in [0.25, 0.3) is 0 Å². The third-order valence-corrected chi connectivity index (χ3v) is 5.56. The van der Waals surface area contributed by atoms with Crippen molar-refractivity contribution in [3.63, 3.8) is 0 Å². The van der Waals surface area contributed by atoms with Gasteiger partial charge in [-0.1, -0.05) is 13.0 Å². The molecule has 1 unspecified atom stereocenters. The normalized spacial score (nSPS) is 16.7. The van der Waals surface area contributed by atoms with Gasteiger partial charge in [-0.05, 0) is 30.0 Å². The molecule has 0 aliphatic carbocycles. The lowest BCUT2D eigenvalue weighted by atomic mass is 10.2. The second-order valence-corrected chi connectivity index (χ2v) is 6.88. The molecule has 0 fully saturated rings. The number of benzene rings is 1. The van der Waals surface area contributed by atoms with Crippen LogP contribution in [0.15, 0.2) is 18.2 Å². The van der Waals surface area contributed by atoms with Crippen LogP contribution < -0.4 is 4.31 Å². The Balaban J connectivity index is 2.30. The molecule has 0 bridgehead atoms. The molecule has 1 heterocycles. The van der Waals surface area contributed by atoms with Crippen molar-refractivity contribution < 1.29 is 12.8 Å². The lowest BCUT2D eigenvalue weighted by Gasteiger charge is -2.21. The Hall–Kier alpha value is -0.810. The summed E-state index contributed by atoms with van der Waals surface area (Å²) in [5.74, 6) is -0.245. The molecule has 1 aliphatic heterocycles. The van der Waals surface area contributed by atoms with Crippen LogP contribution in [0, 0.1) is 11.7 Å². The molecule has 100 valence electrons. The van der Waals surface area contributed by atoms with E-state index in [0.29, 0.717) is 24.5 Å². The SMILES string of the molecule is CC(CCl)CS(=O)(=O)N1CCc2ccc(F)cc21. The first kappa shape index (κ1) is 13.6. The van der Waals surface area contributed by atoms with Gasteiger partial charge >= 0.3 is 0 Å². The summed E-state index contributed by atoms with van der Waals surface area (Å²) < 4.78 is 39.0. The molecule has 3 nitrogen and oxygen atoms in total. The minimum atomic E-state index is -3.42. The fourth-order valence-electron chi connectivity index (χ4n) is 2.11. The van der Waals surface area contributed by atoms with Gasteiger partial charge in [0.05, 0.1) is 11.4 Å². The molecule has 0 saturated heterocycles. The molecular formula is C12H15ClFNO2S. The van der Waals surface area contributed by atoms with Crippen molar-refractivity contribution in [2.24, 2.45) is 5.92 Å². The quantitative estimate of drug-likeness (QED) is 0.799. The van der Waals surface area contributed by atoms with E-state index in [9.17, 15) is 12.8 Å². The Morgan fingerprint density at radius 1 is 1.50 bits per heavy atom. The highest BCUT2D eigenvalue weighted by molar-refractivity contribution is 7.92. The van der Waals surface area contributed by atoms with Gasteiger partial charge in [-0.2, -0.15) is 0 Å². The lowest BCUT2D eigenvalue weighted by molar-refractivity contribution is 0.579. The molecule has 0 N–H and O–H groups in total. The van der Waals surface area contributed by atoms with Gasteiger partial charge in [-0.3, -0.25) is 4.31 Å². The zero-order valence-corrected chi connectivity index (χ0v) is 11.6. The molecule has 0 saturated carbocycles. The minimum absolute atomic E-state index is 0.00749. The summed E-state index contributed by atoms with van der Waals surface area (Å²) in [7, 11) is -3.42. The van der Waals surface area contributed by atoms with E-state index in [0.717, 1.165) is 5.56 Å². The molecule has 0 radical (unpaired) electrons. The highest BCUT2D eigenvalue weighted by atomic mass is 35.5. The zero-order valence-electron chi connectivity index (χ0n) is 10.1. The van der Waals surface area contributed by atoms with Crippen LogP contribution in [0.2, 0.25) is 0 Å². The standard InChI is InChI=1S/C12H15ClFNO2S/c1-9(7-13)8-18(16,17)15-5-4-10-2-3-11(14)6-12(10)15/h2-3,6,9H,4-5,7-8H2,1H3. The molecule has 1 atom stereocenters. The Bertz CT molecular complexity index is 547. The first-order valence-corrected chi connectivity index (χ1v) is 7.93. The van der Waals surface area contributed by atoms with E-state index in [1.807, 2.05) is 0 Å². The summed E-state index contributed by atoms with van der Waals surface area (Å²) in [6.07, 6.45) is 0.629. The maximum Gasteiger partial charge on any atom is 0.235 e. The summed E-state index contributed by atoms with van der Waals surface area (Å²) in [6, 6.07) is 4.28. The summed E-state index contributed by atoms with van der Waals surface area (Å²) >= 11 is 5.65. The maximum absolute atomic E-state index is 13.2. The van der Waals surface area contributed by atoms with Crippen LogP contribution in [0.25, 0.3) is 0 Å². The van der Waals surface area contributed by atoms with E-state index in [1.54, 1.807) is 13.0 Å². The predicted octanol–water partition coefficient (Wildman–Crippen LogP) is 2.39. The van der Waals surface area contributed by atoms with Crippen LogP contribution in [-0.2, 0) is 16.4 Å². The van der Waals surface area contributed by atoms with E-state index in [4.69, 9.17) is 11.6 Å². The number of fused-ring (bicyclic) bond motifs is 1. The molecule has 0 aromatic heterocycles. The Kier molecular flexibility index (Phi) is 3.82. The van der Waals surface area contributed by atoms with Crippen molar-refractivity contribution in [3.8, 4) is 0 Å². The van der Waals surface area contributed by atoms with E-state index in [-0.39, 0.29) is 11.7 Å². The molecule has 1 aliphatic rings. The number of alkyl halides is 1. The first-order chi connectivity index (χ1) is 8.44. The number of nitrogens with zero attached hydrogens (tertiary/aromatic N) is 1. The first-order valence-electron chi connectivity index (χ1n) is 5.79. The largest absolute Gasteiger partial charge is 0.270 e. The van der Waals surface area contributed by atoms with Crippen molar-refractivity contribution in [3.05, 3.63) is 29.6 Å². The molecule has 1 aromatic carbocycles. The minimum Gasteiger partial charge on any atom is -0.270 e. The van der Waals surface area contributed by atoms with Crippen molar-refractivity contribution in [2.45, 2.75) is 13.3 Å². The summed E-state index contributed by atoms with van der Waals surface area (Å²) in [5, 5.41) is 0. The number of halogens is 2. The molecule has 2 rings (SSSR count). The highest BCUT2D eigenvalue weighted by Crippen LogP contribution is 2.31. The van der Waals surface area contributed by atoms with Crippen LogP contribution in [0.1, 0.15) is 12.5 Å². The second kappa shape index (κ2) is 5.05. The smallest absolute Gasteiger partial charge is 0.235 e. The monoisotopic (exact) mass is 291 g/mol. The van der Waals surface area contributed by atoms with Gasteiger partial charge < -0.3 is 0 Å². The van der Waals surface area contributed by atoms with Crippen molar-refractivity contribution >= 4 is 27.3 Å². The summed E-state index contributed by atoms with van der Waals surface area (Å²) in [5.41, 5.74) is 1.34. The molecule has 18 heavy (non-hydrogen) atoms. The van der Waals surface area contributed by atoms with Gasteiger partial charge in [0.1, 0.15) is 5.82 Å². The zero-order chi connectivity index (χ0) is 13.3. The van der Waals surface area contributed by atoms with E-state index >= 15 is 0 Å². The van der Waals surface area contributed by atoms with Crippen LogP contribution in [0.5, 0.6) is 0 Å². The van der Waals surface area contributed by atoms with Gasteiger partial charge in [-0.15, -0.1) is 11.6 Å². The van der Waals surface area contributed by atoms with Crippen molar-refractivity contribution in [2.75, 3.05) is 22.5 Å². The maximum atomic E-state index is 13.2. The van der Waals surface area contributed by atoms with Crippen molar-refractivity contribution in [1.29, 1.82) is 0 Å². The van der Waals surface area contributed by atoms with Crippen LogP contribution >= 0.6 is 11.6 Å². The Morgan fingerprint density at radius 3 is 2.89 bits per heavy atom. The van der Waals surface area contributed by atoms with Crippen LogP contribution in [-0.4, -0.2) is 26.6 Å². The van der Waals surface area contributed by atoms with E-state index in [1.165, 1.54) is 16.4 Å². The van der Waals surface area contributed by atoms with E-state index in [2.05, 4.69) is 0 Å². The van der Waals surface area contributed by atoms with Crippen molar-refractivity contribution in [1.82, 2.24) is 0 Å². The third-order valence-electron chi connectivity index (χ3n) is 2.99. The second-order valence-electron chi connectivity index (χ2n) is 4.63. The topological polar surface area (TPSA) is 37.4 Å². The number of anilines is 1. The highest BCUT2D eigenvalue weighted by Gasteiger charge is 2.30. The molecule has 0 spiro atoms. The average molecular weight is 292 g/mol. The molecular weight excluding hydrogens is 277 g/mol. The molecule has 6 heteroatoms. The predicted molar refractivity (Wildman–Crippen MR) is 71.1 cm³/mol. The Labute approximate surface area is 112 Å². The number of sulfonamides is 1. The fourth-order valence-corrected chi connectivity index (χ4v) is 4.20. The van der Waals surface area contributed by atoms with Gasteiger partial charge in [0.15, 0.2) is 0 Å². The van der Waals surface area contributed by atoms with Crippen LogP contribution in [0.3, 0.4) is 0 Å². The fraction of sp³-hybridized carbons (Fsp3) is 0.500. The number of hydrogen-bond donors (Lipinski definition) is 0. The summed E-state index contributed by atoms with van der Waals surface area (Å²) in [6.45, 7) is 2.17. The molecule has 0 amide bonds. The van der Waals surface area contributed by atoms with Crippen LogP contribution in [0.4, 0.5) is 10.1 Å². The number of hydrogen-bond acceptors (Lipinski definition) is 2.